The van der Waals surface area contributed by atoms with Gasteiger partial charge in [0.05, 0.1) is 4.88 Å². The minimum atomic E-state index is -4.90. The molecule has 0 radical (unpaired) electrons. The molecule has 2 aromatic rings. The van der Waals surface area contributed by atoms with Crippen LogP contribution in [0.2, 0.25) is 0 Å². The Bertz CT molecular complexity index is 937. The molecule has 4 nitrogen and oxygen atoms in total. The molecule has 0 bridgehead atoms. The molecule has 1 amide bonds. The van der Waals surface area contributed by atoms with E-state index in [1.54, 1.807) is 6.07 Å². The van der Waals surface area contributed by atoms with Gasteiger partial charge in [0.25, 0.3) is 5.91 Å². The van der Waals surface area contributed by atoms with E-state index in [-0.39, 0.29) is 6.54 Å². The SMILES string of the molecule is O=C(c1cc2c(s1)-c1ccccc1CC2)N1CCC(C(=O)O)(C(F)(F)F)C1. The van der Waals surface area contributed by atoms with Crippen molar-refractivity contribution in [2.45, 2.75) is 25.4 Å². The van der Waals surface area contributed by atoms with E-state index in [0.29, 0.717) is 4.88 Å². The molecule has 1 fully saturated rings. The summed E-state index contributed by atoms with van der Waals surface area (Å²) in [4.78, 5) is 26.5. The molecule has 1 atom stereocenters. The Labute approximate surface area is 157 Å². The molecule has 1 aliphatic carbocycles. The fraction of sp³-hybridized carbons (Fsp3) is 0.368. The second-order valence-corrected chi connectivity index (χ2v) is 8.04. The number of carbonyl (C=O) groups is 2. The molecule has 27 heavy (non-hydrogen) atoms. The first-order valence-electron chi connectivity index (χ1n) is 8.53. The molecule has 0 spiro atoms. The number of halogens is 3. The summed E-state index contributed by atoms with van der Waals surface area (Å²) in [5, 5.41) is 9.16. The quantitative estimate of drug-likeness (QED) is 0.837. The zero-order valence-corrected chi connectivity index (χ0v) is 15.0. The van der Waals surface area contributed by atoms with Crippen LogP contribution >= 0.6 is 11.3 Å². The molecular formula is C19H16F3NO3S. The van der Waals surface area contributed by atoms with Gasteiger partial charge in [0.2, 0.25) is 0 Å². The number of fused-ring (bicyclic) bond motifs is 3. The first-order chi connectivity index (χ1) is 12.7. The Balaban J connectivity index is 1.63. The zero-order valence-electron chi connectivity index (χ0n) is 14.2. The summed E-state index contributed by atoms with van der Waals surface area (Å²) in [6.45, 7) is -1.06. The van der Waals surface area contributed by atoms with Crippen LogP contribution in [0.25, 0.3) is 10.4 Å². The highest BCUT2D eigenvalue weighted by Crippen LogP contribution is 2.47. The van der Waals surface area contributed by atoms with Gasteiger partial charge >= 0.3 is 12.1 Å². The number of amides is 1. The molecule has 142 valence electrons. The minimum Gasteiger partial charge on any atom is -0.481 e. The van der Waals surface area contributed by atoms with Crippen molar-refractivity contribution in [2.75, 3.05) is 13.1 Å². The largest absolute Gasteiger partial charge is 0.481 e. The summed E-state index contributed by atoms with van der Waals surface area (Å²) < 4.78 is 40.0. The number of aliphatic carboxylic acids is 1. The Morgan fingerprint density at radius 1 is 1.15 bits per heavy atom. The maximum atomic E-state index is 13.3. The summed E-state index contributed by atoms with van der Waals surface area (Å²) in [5.41, 5.74) is 0.376. The summed E-state index contributed by atoms with van der Waals surface area (Å²) >= 11 is 1.27. The Kier molecular flexibility index (Phi) is 4.06. The number of hydrogen-bond acceptors (Lipinski definition) is 3. The van der Waals surface area contributed by atoms with E-state index < -0.39 is 36.4 Å². The number of carboxylic acids is 1. The number of nitrogens with zero attached hydrogens (tertiary/aromatic N) is 1. The predicted molar refractivity (Wildman–Crippen MR) is 93.8 cm³/mol. The first-order valence-corrected chi connectivity index (χ1v) is 9.35. The van der Waals surface area contributed by atoms with Crippen molar-refractivity contribution in [2.24, 2.45) is 5.41 Å². The fourth-order valence-electron chi connectivity index (χ4n) is 3.84. The van der Waals surface area contributed by atoms with Crippen LogP contribution in [0.5, 0.6) is 0 Å². The van der Waals surface area contributed by atoms with E-state index in [1.165, 1.54) is 16.9 Å². The number of thiophene rings is 1. The lowest BCUT2D eigenvalue weighted by Crippen LogP contribution is -2.47. The minimum absolute atomic E-state index is 0.218. The van der Waals surface area contributed by atoms with Crippen molar-refractivity contribution < 1.29 is 27.9 Å². The van der Waals surface area contributed by atoms with Gasteiger partial charge < -0.3 is 10.0 Å². The lowest BCUT2D eigenvalue weighted by atomic mass is 9.86. The summed E-state index contributed by atoms with van der Waals surface area (Å²) in [6, 6.07) is 9.63. The number of aryl methyl sites for hydroxylation is 2. The number of hydrogen-bond donors (Lipinski definition) is 1. The van der Waals surface area contributed by atoms with Gasteiger partial charge in [-0.2, -0.15) is 13.2 Å². The van der Waals surface area contributed by atoms with Gasteiger partial charge in [-0.3, -0.25) is 9.59 Å². The maximum Gasteiger partial charge on any atom is 0.406 e. The van der Waals surface area contributed by atoms with Crippen LogP contribution in [0.15, 0.2) is 30.3 Å². The van der Waals surface area contributed by atoms with E-state index in [1.807, 2.05) is 24.3 Å². The van der Waals surface area contributed by atoms with Crippen molar-refractivity contribution in [1.82, 2.24) is 4.90 Å². The molecule has 8 heteroatoms. The van der Waals surface area contributed by atoms with Crippen LogP contribution in [0, 0.1) is 5.41 Å². The van der Waals surface area contributed by atoms with E-state index in [2.05, 4.69) is 0 Å². The topological polar surface area (TPSA) is 57.6 Å². The standard InChI is InChI=1S/C19H16F3NO3S/c20-19(21,22)18(17(25)26)7-8-23(10-18)16(24)14-9-12-6-5-11-3-1-2-4-13(11)15(12)27-14/h1-4,9H,5-8,10H2,(H,25,26). The number of alkyl halides is 3. The van der Waals surface area contributed by atoms with Crippen molar-refractivity contribution in [3.63, 3.8) is 0 Å². The predicted octanol–water partition coefficient (Wildman–Crippen LogP) is 3.99. The van der Waals surface area contributed by atoms with Crippen molar-refractivity contribution >= 4 is 23.2 Å². The highest BCUT2D eigenvalue weighted by atomic mass is 32.1. The van der Waals surface area contributed by atoms with Gasteiger partial charge in [-0.1, -0.05) is 24.3 Å². The van der Waals surface area contributed by atoms with Crippen molar-refractivity contribution in [3.8, 4) is 10.4 Å². The van der Waals surface area contributed by atoms with E-state index in [0.717, 1.165) is 33.7 Å². The van der Waals surface area contributed by atoms with Gasteiger partial charge in [-0.25, -0.2) is 0 Å². The number of carbonyl (C=O) groups excluding carboxylic acids is 1. The molecule has 1 N–H and O–H groups in total. The lowest BCUT2D eigenvalue weighted by Gasteiger charge is -2.27. The van der Waals surface area contributed by atoms with Gasteiger partial charge in [0.15, 0.2) is 5.41 Å². The van der Waals surface area contributed by atoms with Crippen LogP contribution < -0.4 is 0 Å². The van der Waals surface area contributed by atoms with Gasteiger partial charge in [0, 0.05) is 18.0 Å². The Morgan fingerprint density at radius 3 is 2.52 bits per heavy atom. The fourth-order valence-corrected chi connectivity index (χ4v) is 5.08. The molecule has 1 aliphatic heterocycles. The number of rotatable bonds is 2. The molecule has 1 aromatic carbocycles. The second kappa shape index (κ2) is 6.09. The molecule has 4 rings (SSSR count). The lowest BCUT2D eigenvalue weighted by molar-refractivity contribution is -0.227. The Hall–Kier alpha value is -2.35. The summed E-state index contributed by atoms with van der Waals surface area (Å²) in [6.07, 6.45) is -3.89. The summed E-state index contributed by atoms with van der Waals surface area (Å²) in [7, 11) is 0. The zero-order chi connectivity index (χ0) is 19.4. The molecule has 1 unspecified atom stereocenters. The van der Waals surface area contributed by atoms with Gasteiger partial charge in [-0.15, -0.1) is 11.3 Å². The van der Waals surface area contributed by atoms with Gasteiger partial charge in [-0.05, 0) is 42.0 Å². The van der Waals surface area contributed by atoms with Crippen molar-refractivity contribution in [3.05, 3.63) is 46.3 Å². The third-order valence-corrected chi connectivity index (χ3v) is 6.65. The molecule has 1 saturated heterocycles. The van der Waals surface area contributed by atoms with Crippen LogP contribution in [0.4, 0.5) is 13.2 Å². The average molecular weight is 395 g/mol. The third kappa shape index (κ3) is 2.74. The average Bonchev–Trinajstić information content (AvgIpc) is 3.26. The smallest absolute Gasteiger partial charge is 0.406 e. The number of benzene rings is 1. The molecule has 1 aromatic heterocycles. The van der Waals surface area contributed by atoms with Crippen molar-refractivity contribution in [1.29, 1.82) is 0 Å². The highest BCUT2D eigenvalue weighted by molar-refractivity contribution is 7.17. The number of carboxylic acid groups (broad SMARTS) is 1. The molecule has 0 saturated carbocycles. The van der Waals surface area contributed by atoms with Crippen LogP contribution in [-0.2, 0) is 17.6 Å². The summed E-state index contributed by atoms with van der Waals surface area (Å²) in [5.74, 6) is -2.45. The maximum absolute atomic E-state index is 13.3. The van der Waals surface area contributed by atoms with E-state index in [9.17, 15) is 22.8 Å². The van der Waals surface area contributed by atoms with E-state index >= 15 is 0 Å². The molecule has 2 aliphatic rings. The molecule has 2 heterocycles. The van der Waals surface area contributed by atoms with Gasteiger partial charge in [0.1, 0.15) is 0 Å². The van der Waals surface area contributed by atoms with E-state index in [4.69, 9.17) is 5.11 Å². The third-order valence-electron chi connectivity index (χ3n) is 5.45. The highest BCUT2D eigenvalue weighted by Gasteiger charge is 2.64. The normalized spacial score (nSPS) is 21.7. The number of likely N-dealkylation sites (tertiary alicyclic amines) is 1. The van der Waals surface area contributed by atoms with Crippen LogP contribution in [-0.4, -0.2) is 41.1 Å². The Morgan fingerprint density at radius 2 is 1.85 bits per heavy atom. The van der Waals surface area contributed by atoms with Crippen LogP contribution in [0.3, 0.4) is 0 Å². The molecular weight excluding hydrogens is 379 g/mol. The van der Waals surface area contributed by atoms with Crippen LogP contribution in [0.1, 0.15) is 27.2 Å². The monoisotopic (exact) mass is 395 g/mol. The first kappa shape index (κ1) is 18.0. The second-order valence-electron chi connectivity index (χ2n) is 6.98.